The van der Waals surface area contributed by atoms with Crippen LogP contribution in [0.3, 0.4) is 0 Å². The van der Waals surface area contributed by atoms with E-state index in [1.807, 2.05) is 0 Å². The van der Waals surface area contributed by atoms with Gasteiger partial charge in [-0.05, 0) is 43.5 Å². The molecule has 1 aliphatic rings. The van der Waals surface area contributed by atoms with Crippen molar-refractivity contribution in [3.05, 3.63) is 29.8 Å². The first kappa shape index (κ1) is 16.0. The van der Waals surface area contributed by atoms with E-state index in [-0.39, 0.29) is 17.0 Å². The number of nitrogens with two attached hydrogens (primary N) is 1. The Morgan fingerprint density at radius 3 is 2.48 bits per heavy atom. The second kappa shape index (κ2) is 6.58. The Balaban J connectivity index is 2.05. The number of ether oxygens (including phenoxy) is 1. The minimum absolute atomic E-state index is 0.228. The Bertz CT molecular complexity index is 632. The normalized spacial score (nSPS) is 16.7. The molecular weight excluding hydrogens is 288 g/mol. The van der Waals surface area contributed by atoms with Gasteiger partial charge in [0.25, 0.3) is 0 Å². The second-order valence-electron chi connectivity index (χ2n) is 5.10. The summed E-state index contributed by atoms with van der Waals surface area (Å²) in [6.45, 7) is 0.585. The van der Waals surface area contributed by atoms with Crippen LogP contribution in [0.5, 0.6) is 0 Å². The molecule has 0 aromatic heterocycles. The van der Waals surface area contributed by atoms with Crippen LogP contribution in [0.4, 0.5) is 0 Å². The van der Waals surface area contributed by atoms with Crippen LogP contribution in [0.25, 0.3) is 0 Å². The SMILES string of the molecule is COC1(CNS(=O)(=O)c2ccc(C#CCN)cc2)CCC1. The first-order valence-corrected chi connectivity index (χ1v) is 8.33. The molecule has 0 bridgehead atoms. The van der Waals surface area contributed by atoms with Gasteiger partial charge in [-0.1, -0.05) is 11.8 Å². The van der Waals surface area contributed by atoms with Gasteiger partial charge in [-0.15, -0.1) is 0 Å². The maximum atomic E-state index is 12.2. The molecule has 1 aliphatic carbocycles. The Morgan fingerprint density at radius 2 is 2.00 bits per heavy atom. The third kappa shape index (κ3) is 3.83. The zero-order chi connectivity index (χ0) is 15.3. The lowest BCUT2D eigenvalue weighted by atomic mass is 9.80. The number of benzene rings is 1. The van der Waals surface area contributed by atoms with E-state index in [0.717, 1.165) is 24.8 Å². The first-order valence-electron chi connectivity index (χ1n) is 6.85. The van der Waals surface area contributed by atoms with Crippen LogP contribution in [0.1, 0.15) is 24.8 Å². The Labute approximate surface area is 125 Å². The molecule has 1 aromatic rings. The van der Waals surface area contributed by atoms with Crippen LogP contribution in [0.2, 0.25) is 0 Å². The molecule has 0 spiro atoms. The van der Waals surface area contributed by atoms with Gasteiger partial charge in [0.2, 0.25) is 10.0 Å². The first-order chi connectivity index (χ1) is 10.0. The summed E-state index contributed by atoms with van der Waals surface area (Å²) in [5.74, 6) is 5.58. The molecule has 0 radical (unpaired) electrons. The highest BCUT2D eigenvalue weighted by Crippen LogP contribution is 2.34. The molecule has 0 unspecified atom stereocenters. The molecule has 0 atom stereocenters. The van der Waals surface area contributed by atoms with E-state index in [1.165, 1.54) is 0 Å². The van der Waals surface area contributed by atoms with Crippen molar-refractivity contribution in [2.45, 2.75) is 29.8 Å². The average molecular weight is 308 g/mol. The lowest BCUT2D eigenvalue weighted by Gasteiger charge is -2.40. The zero-order valence-electron chi connectivity index (χ0n) is 12.1. The van der Waals surface area contributed by atoms with Gasteiger partial charge in [0.05, 0.1) is 17.0 Å². The van der Waals surface area contributed by atoms with Crippen molar-refractivity contribution in [2.24, 2.45) is 5.73 Å². The van der Waals surface area contributed by atoms with E-state index < -0.39 is 10.0 Å². The molecule has 1 fully saturated rings. The zero-order valence-corrected chi connectivity index (χ0v) is 12.9. The molecule has 1 aromatic carbocycles. The maximum Gasteiger partial charge on any atom is 0.240 e. The van der Waals surface area contributed by atoms with Gasteiger partial charge in [0.1, 0.15) is 0 Å². The van der Waals surface area contributed by atoms with E-state index in [1.54, 1.807) is 31.4 Å². The van der Waals surface area contributed by atoms with Crippen LogP contribution >= 0.6 is 0 Å². The van der Waals surface area contributed by atoms with Crippen LogP contribution in [-0.2, 0) is 14.8 Å². The quantitative estimate of drug-likeness (QED) is 0.790. The summed E-state index contributed by atoms with van der Waals surface area (Å²) >= 11 is 0. The highest BCUT2D eigenvalue weighted by molar-refractivity contribution is 7.89. The van der Waals surface area contributed by atoms with Gasteiger partial charge in [0, 0.05) is 19.2 Å². The minimum Gasteiger partial charge on any atom is -0.377 e. The molecule has 0 heterocycles. The number of nitrogens with one attached hydrogen (secondary N) is 1. The van der Waals surface area contributed by atoms with E-state index in [0.29, 0.717) is 6.54 Å². The van der Waals surface area contributed by atoms with Crippen molar-refractivity contribution in [3.63, 3.8) is 0 Å². The fraction of sp³-hybridized carbons (Fsp3) is 0.467. The predicted octanol–water partition coefficient (Wildman–Crippen LogP) is 0.844. The van der Waals surface area contributed by atoms with E-state index >= 15 is 0 Å². The minimum atomic E-state index is -3.52. The molecule has 0 aliphatic heterocycles. The van der Waals surface area contributed by atoms with Crippen molar-refractivity contribution in [3.8, 4) is 11.8 Å². The summed E-state index contributed by atoms with van der Waals surface area (Å²) < 4.78 is 32.5. The number of sulfonamides is 1. The fourth-order valence-corrected chi connectivity index (χ4v) is 3.32. The molecule has 0 saturated heterocycles. The summed E-state index contributed by atoms with van der Waals surface area (Å²) in [5.41, 5.74) is 5.70. The fourth-order valence-electron chi connectivity index (χ4n) is 2.20. The number of hydrogen-bond acceptors (Lipinski definition) is 4. The monoisotopic (exact) mass is 308 g/mol. The Kier molecular flexibility index (Phi) is 5.01. The van der Waals surface area contributed by atoms with Crippen LogP contribution in [0, 0.1) is 11.8 Å². The van der Waals surface area contributed by atoms with Crippen molar-refractivity contribution in [1.29, 1.82) is 0 Å². The van der Waals surface area contributed by atoms with Crippen molar-refractivity contribution >= 4 is 10.0 Å². The molecular formula is C15H20N2O3S. The van der Waals surface area contributed by atoms with Gasteiger partial charge in [-0.3, -0.25) is 0 Å². The Morgan fingerprint density at radius 1 is 1.33 bits per heavy atom. The van der Waals surface area contributed by atoms with E-state index in [2.05, 4.69) is 16.6 Å². The third-order valence-corrected chi connectivity index (χ3v) is 5.20. The van der Waals surface area contributed by atoms with Crippen LogP contribution in [-0.4, -0.2) is 34.2 Å². The van der Waals surface area contributed by atoms with Crippen LogP contribution < -0.4 is 10.5 Å². The Hall–Kier alpha value is -1.39. The average Bonchev–Trinajstić information content (AvgIpc) is 2.45. The molecule has 0 amide bonds. The van der Waals surface area contributed by atoms with Crippen molar-refractivity contribution in [1.82, 2.24) is 4.72 Å². The summed E-state index contributed by atoms with van der Waals surface area (Å²) in [7, 11) is -1.90. The van der Waals surface area contributed by atoms with Crippen molar-refractivity contribution in [2.75, 3.05) is 20.2 Å². The molecule has 21 heavy (non-hydrogen) atoms. The highest BCUT2D eigenvalue weighted by Gasteiger charge is 2.37. The lowest BCUT2D eigenvalue weighted by molar-refractivity contribution is -0.0659. The largest absolute Gasteiger partial charge is 0.377 e. The maximum absolute atomic E-state index is 12.2. The van der Waals surface area contributed by atoms with E-state index in [4.69, 9.17) is 10.5 Å². The third-order valence-electron chi connectivity index (χ3n) is 3.78. The topological polar surface area (TPSA) is 81.4 Å². The van der Waals surface area contributed by atoms with Gasteiger partial charge < -0.3 is 10.5 Å². The van der Waals surface area contributed by atoms with Crippen LogP contribution in [0.15, 0.2) is 29.2 Å². The lowest BCUT2D eigenvalue weighted by Crippen LogP contribution is -2.49. The smallest absolute Gasteiger partial charge is 0.240 e. The van der Waals surface area contributed by atoms with Gasteiger partial charge in [0.15, 0.2) is 0 Å². The molecule has 6 heteroatoms. The van der Waals surface area contributed by atoms with E-state index in [9.17, 15) is 8.42 Å². The van der Waals surface area contributed by atoms with Crippen molar-refractivity contribution < 1.29 is 13.2 Å². The van der Waals surface area contributed by atoms with Gasteiger partial charge in [-0.2, -0.15) is 0 Å². The highest BCUT2D eigenvalue weighted by atomic mass is 32.2. The molecule has 1 saturated carbocycles. The molecule has 2 rings (SSSR count). The van der Waals surface area contributed by atoms with Gasteiger partial charge in [-0.25, -0.2) is 13.1 Å². The molecule has 114 valence electrons. The number of hydrogen-bond donors (Lipinski definition) is 2. The summed E-state index contributed by atoms with van der Waals surface area (Å²) in [5, 5.41) is 0. The molecule has 5 nitrogen and oxygen atoms in total. The predicted molar refractivity (Wildman–Crippen MR) is 81.2 cm³/mol. The summed E-state index contributed by atoms with van der Waals surface area (Å²) in [6, 6.07) is 6.44. The molecule has 3 N–H and O–H groups in total. The summed E-state index contributed by atoms with van der Waals surface area (Å²) in [4.78, 5) is 0.228. The standard InChI is InChI=1S/C15H20N2O3S/c1-20-15(9-3-10-15)12-17-21(18,19)14-7-5-13(6-8-14)4-2-11-16/h5-8,17H,3,9-12,16H2,1H3. The van der Waals surface area contributed by atoms with Gasteiger partial charge >= 0.3 is 0 Å². The number of methoxy groups -OCH3 is 1. The number of rotatable bonds is 5. The summed E-state index contributed by atoms with van der Waals surface area (Å²) in [6.07, 6.45) is 2.85. The second-order valence-corrected chi connectivity index (χ2v) is 6.86.